The highest BCUT2D eigenvalue weighted by atomic mass is 35.5. The quantitative estimate of drug-likeness (QED) is 0.733. The third-order valence-corrected chi connectivity index (χ3v) is 4.74. The minimum atomic E-state index is 0.0920. The van der Waals surface area contributed by atoms with E-state index in [1.807, 2.05) is 12.3 Å². The molecule has 0 amide bonds. The molecule has 0 saturated carbocycles. The van der Waals surface area contributed by atoms with Gasteiger partial charge in [0.05, 0.1) is 11.4 Å². The third kappa shape index (κ3) is 2.56. The van der Waals surface area contributed by atoms with Crippen molar-refractivity contribution in [3.05, 3.63) is 32.8 Å². The molecule has 0 aliphatic heterocycles. The van der Waals surface area contributed by atoms with Gasteiger partial charge in [-0.05, 0) is 31.5 Å². The second kappa shape index (κ2) is 5.03. The SMILES string of the molecule is Cc1cc2c(NC(C)c3nccs3)nc(Cl)nc2s1. The van der Waals surface area contributed by atoms with Crippen molar-refractivity contribution in [2.75, 3.05) is 5.32 Å². The maximum atomic E-state index is 5.97. The van der Waals surface area contributed by atoms with E-state index in [1.54, 1.807) is 28.9 Å². The van der Waals surface area contributed by atoms with Crippen LogP contribution in [0.15, 0.2) is 17.6 Å². The number of hydrogen-bond acceptors (Lipinski definition) is 6. The summed E-state index contributed by atoms with van der Waals surface area (Å²) < 4.78 is 0. The summed E-state index contributed by atoms with van der Waals surface area (Å²) in [5.74, 6) is 0.766. The molecule has 19 heavy (non-hydrogen) atoms. The fraction of sp³-hybridized carbons (Fsp3) is 0.250. The van der Waals surface area contributed by atoms with E-state index in [9.17, 15) is 0 Å². The number of nitrogens with one attached hydrogen (secondary N) is 1. The molecule has 0 saturated heterocycles. The van der Waals surface area contributed by atoms with Gasteiger partial charge in [0, 0.05) is 16.5 Å². The van der Waals surface area contributed by atoms with Crippen molar-refractivity contribution in [1.82, 2.24) is 15.0 Å². The highest BCUT2D eigenvalue weighted by molar-refractivity contribution is 7.18. The van der Waals surface area contributed by atoms with Gasteiger partial charge in [0.2, 0.25) is 5.28 Å². The van der Waals surface area contributed by atoms with Gasteiger partial charge in [0.25, 0.3) is 0 Å². The molecule has 3 aromatic rings. The lowest BCUT2D eigenvalue weighted by atomic mass is 10.3. The lowest BCUT2D eigenvalue weighted by Gasteiger charge is -2.12. The van der Waals surface area contributed by atoms with Crippen LogP contribution in [-0.2, 0) is 0 Å². The molecule has 0 radical (unpaired) electrons. The monoisotopic (exact) mass is 310 g/mol. The van der Waals surface area contributed by atoms with Crippen LogP contribution in [0.25, 0.3) is 10.2 Å². The number of rotatable bonds is 3. The van der Waals surface area contributed by atoms with Crippen molar-refractivity contribution in [3.63, 3.8) is 0 Å². The zero-order valence-electron chi connectivity index (χ0n) is 10.3. The predicted octanol–water partition coefficient (Wildman–Crippen LogP) is 4.28. The second-order valence-electron chi connectivity index (χ2n) is 4.15. The molecule has 98 valence electrons. The fourth-order valence-electron chi connectivity index (χ4n) is 1.84. The molecular formula is C12H11ClN4S2. The summed E-state index contributed by atoms with van der Waals surface area (Å²) in [5, 5.41) is 7.62. The van der Waals surface area contributed by atoms with Gasteiger partial charge < -0.3 is 5.32 Å². The van der Waals surface area contributed by atoms with E-state index in [1.165, 1.54) is 4.88 Å². The Morgan fingerprint density at radius 2 is 2.21 bits per heavy atom. The van der Waals surface area contributed by atoms with Crippen LogP contribution in [0, 0.1) is 6.92 Å². The van der Waals surface area contributed by atoms with E-state index in [0.29, 0.717) is 0 Å². The standard InChI is InChI=1S/C12H11ClN4S2/c1-6-5-8-9(16-12(13)17-11(8)19-6)15-7(2)10-14-3-4-18-10/h3-5,7H,1-2H3,(H,15,16,17). The average Bonchev–Trinajstić information content (AvgIpc) is 2.96. The number of thiophene rings is 1. The number of fused-ring (bicyclic) bond motifs is 1. The normalized spacial score (nSPS) is 12.8. The Morgan fingerprint density at radius 3 is 2.95 bits per heavy atom. The van der Waals surface area contributed by atoms with Crippen LogP contribution in [-0.4, -0.2) is 15.0 Å². The van der Waals surface area contributed by atoms with Crippen LogP contribution < -0.4 is 5.32 Å². The molecule has 3 rings (SSSR count). The first kappa shape index (κ1) is 12.8. The Kier molecular flexibility index (Phi) is 3.38. The summed E-state index contributed by atoms with van der Waals surface area (Å²) in [4.78, 5) is 14.9. The van der Waals surface area contributed by atoms with Crippen molar-refractivity contribution in [3.8, 4) is 0 Å². The molecule has 0 aromatic carbocycles. The molecule has 0 aliphatic carbocycles. The smallest absolute Gasteiger partial charge is 0.225 e. The molecule has 0 fully saturated rings. The molecule has 7 heteroatoms. The Balaban J connectivity index is 2.00. The lowest BCUT2D eigenvalue weighted by molar-refractivity contribution is 0.862. The molecule has 4 nitrogen and oxygen atoms in total. The van der Waals surface area contributed by atoms with Crippen LogP contribution in [0.5, 0.6) is 0 Å². The molecule has 1 N–H and O–H groups in total. The Bertz CT molecular complexity index is 708. The Labute approximate surface area is 123 Å². The summed E-state index contributed by atoms with van der Waals surface area (Å²) >= 11 is 9.21. The summed E-state index contributed by atoms with van der Waals surface area (Å²) in [6.45, 7) is 4.11. The summed E-state index contributed by atoms with van der Waals surface area (Å²) in [5.41, 5.74) is 0. The van der Waals surface area contributed by atoms with E-state index in [-0.39, 0.29) is 11.3 Å². The maximum Gasteiger partial charge on any atom is 0.225 e. The second-order valence-corrected chi connectivity index (χ2v) is 6.65. The Hall–Kier alpha value is -1.24. The maximum absolute atomic E-state index is 5.97. The van der Waals surface area contributed by atoms with Gasteiger partial charge in [-0.25, -0.2) is 15.0 Å². The van der Waals surface area contributed by atoms with Gasteiger partial charge in [-0.1, -0.05) is 0 Å². The first-order valence-electron chi connectivity index (χ1n) is 5.73. The molecule has 0 bridgehead atoms. The van der Waals surface area contributed by atoms with Crippen molar-refractivity contribution >= 4 is 50.3 Å². The van der Waals surface area contributed by atoms with E-state index < -0.39 is 0 Å². The van der Waals surface area contributed by atoms with Crippen LogP contribution in [0.2, 0.25) is 5.28 Å². The number of nitrogens with zero attached hydrogens (tertiary/aromatic N) is 3. The highest BCUT2D eigenvalue weighted by Gasteiger charge is 2.14. The van der Waals surface area contributed by atoms with E-state index in [4.69, 9.17) is 11.6 Å². The molecule has 1 unspecified atom stereocenters. The molecule has 0 spiro atoms. The van der Waals surface area contributed by atoms with E-state index in [0.717, 1.165) is 21.0 Å². The van der Waals surface area contributed by atoms with Gasteiger partial charge >= 0.3 is 0 Å². The highest BCUT2D eigenvalue weighted by Crippen LogP contribution is 2.31. The number of hydrogen-bond donors (Lipinski definition) is 1. The molecule has 3 aromatic heterocycles. The molecule has 1 atom stereocenters. The van der Waals surface area contributed by atoms with Gasteiger partial charge in [-0.3, -0.25) is 0 Å². The van der Waals surface area contributed by atoms with Gasteiger partial charge in [0.15, 0.2) is 0 Å². The molecular weight excluding hydrogens is 300 g/mol. The topological polar surface area (TPSA) is 50.7 Å². The molecule has 0 aliphatic rings. The van der Waals surface area contributed by atoms with Crippen LogP contribution in [0.3, 0.4) is 0 Å². The minimum absolute atomic E-state index is 0.0920. The average molecular weight is 311 g/mol. The lowest BCUT2D eigenvalue weighted by Crippen LogP contribution is -2.08. The first-order chi connectivity index (χ1) is 9.13. The number of aromatic nitrogens is 3. The van der Waals surface area contributed by atoms with Crippen LogP contribution in [0.1, 0.15) is 22.9 Å². The minimum Gasteiger partial charge on any atom is -0.360 e. The van der Waals surface area contributed by atoms with Crippen molar-refractivity contribution in [2.45, 2.75) is 19.9 Å². The summed E-state index contributed by atoms with van der Waals surface area (Å²) in [6.07, 6.45) is 1.80. The van der Waals surface area contributed by atoms with Crippen molar-refractivity contribution < 1.29 is 0 Å². The van der Waals surface area contributed by atoms with Gasteiger partial charge in [0.1, 0.15) is 15.7 Å². The van der Waals surface area contributed by atoms with E-state index in [2.05, 4.69) is 33.3 Å². The van der Waals surface area contributed by atoms with Gasteiger partial charge in [-0.15, -0.1) is 22.7 Å². The summed E-state index contributed by atoms with van der Waals surface area (Å²) in [7, 11) is 0. The molecule has 3 heterocycles. The summed E-state index contributed by atoms with van der Waals surface area (Å²) in [6, 6.07) is 2.17. The van der Waals surface area contributed by atoms with Crippen molar-refractivity contribution in [2.24, 2.45) is 0 Å². The third-order valence-electron chi connectivity index (χ3n) is 2.66. The number of halogens is 1. The number of anilines is 1. The van der Waals surface area contributed by atoms with Gasteiger partial charge in [-0.2, -0.15) is 0 Å². The van der Waals surface area contributed by atoms with Crippen molar-refractivity contribution in [1.29, 1.82) is 0 Å². The first-order valence-corrected chi connectivity index (χ1v) is 7.80. The number of aryl methyl sites for hydroxylation is 1. The van der Waals surface area contributed by atoms with Crippen LogP contribution >= 0.6 is 34.3 Å². The zero-order chi connectivity index (χ0) is 13.4. The fourth-order valence-corrected chi connectivity index (χ4v) is 3.59. The largest absolute Gasteiger partial charge is 0.360 e. The van der Waals surface area contributed by atoms with E-state index >= 15 is 0 Å². The predicted molar refractivity (Wildman–Crippen MR) is 81.3 cm³/mol. The zero-order valence-corrected chi connectivity index (χ0v) is 12.7. The van der Waals surface area contributed by atoms with Crippen LogP contribution in [0.4, 0.5) is 5.82 Å². The number of thiazole rings is 1. The Morgan fingerprint density at radius 1 is 1.37 bits per heavy atom.